The third-order valence-corrected chi connectivity index (χ3v) is 5.07. The van der Waals surface area contributed by atoms with Crippen LogP contribution in [0.3, 0.4) is 0 Å². The van der Waals surface area contributed by atoms with Gasteiger partial charge in [0.05, 0.1) is 22.2 Å². The third-order valence-electron chi connectivity index (χ3n) is 5.07. The average Bonchev–Trinajstić information content (AvgIpc) is 3.13. The Hall–Kier alpha value is -2.38. The van der Waals surface area contributed by atoms with Crippen LogP contribution < -0.4 is 0 Å². The van der Waals surface area contributed by atoms with Crippen molar-refractivity contribution in [1.82, 2.24) is 9.97 Å². The van der Waals surface area contributed by atoms with Crippen molar-refractivity contribution in [1.29, 1.82) is 0 Å². The third kappa shape index (κ3) is 5.33. The molecule has 159 valence electrons. The molecule has 4 rings (SSSR count). The number of H-pyrrole nitrogens is 1. The van der Waals surface area contributed by atoms with Crippen LogP contribution in [-0.2, 0) is 11.8 Å². The maximum Gasteiger partial charge on any atom is 0.416 e. The summed E-state index contributed by atoms with van der Waals surface area (Å²) in [5.74, 6) is 0.600. The van der Waals surface area contributed by atoms with Crippen molar-refractivity contribution in [3.63, 3.8) is 0 Å². The molecule has 0 fully saturated rings. The summed E-state index contributed by atoms with van der Waals surface area (Å²) in [5, 5.41) is 10.5. The van der Waals surface area contributed by atoms with Crippen molar-refractivity contribution in [2.45, 2.75) is 25.6 Å². The van der Waals surface area contributed by atoms with Gasteiger partial charge in [-0.1, -0.05) is 48.5 Å². The number of nitrogens with zero attached hydrogens (tertiary/aromatic N) is 1. The number of alkyl halides is 3. The quantitative estimate of drug-likeness (QED) is 0.364. The molecule has 0 aliphatic heterocycles. The average molecular weight is 445 g/mol. The van der Waals surface area contributed by atoms with Crippen molar-refractivity contribution in [2.75, 3.05) is 0 Å². The second-order valence-corrected chi connectivity index (χ2v) is 7.91. The van der Waals surface area contributed by atoms with Crippen LogP contribution in [0, 0.1) is 0 Å². The first-order chi connectivity index (χ1) is 14.6. The second-order valence-electron chi connectivity index (χ2n) is 7.91. The summed E-state index contributed by atoms with van der Waals surface area (Å²) in [6.07, 6.45) is -0.905. The Labute approximate surface area is 206 Å². The Morgan fingerprint density at radius 2 is 1.59 bits per heavy atom. The van der Waals surface area contributed by atoms with Crippen LogP contribution in [0.5, 0.6) is 0 Å². The van der Waals surface area contributed by atoms with Crippen molar-refractivity contribution in [3.05, 3.63) is 89.2 Å². The van der Waals surface area contributed by atoms with Crippen molar-refractivity contribution in [2.24, 2.45) is 0 Å². The molecule has 4 aromatic rings. The number of rotatable bonds is 4. The summed E-state index contributed by atoms with van der Waals surface area (Å²) in [4.78, 5) is 7.75. The largest absolute Gasteiger partial charge is 0.416 e. The van der Waals surface area contributed by atoms with E-state index in [1.54, 1.807) is 26.0 Å². The minimum Gasteiger partial charge on any atom is -0.386 e. The van der Waals surface area contributed by atoms with Gasteiger partial charge in [-0.05, 0) is 66.4 Å². The number of halogens is 3. The fourth-order valence-corrected chi connectivity index (χ4v) is 3.50. The summed E-state index contributed by atoms with van der Waals surface area (Å²) >= 11 is 0. The van der Waals surface area contributed by atoms with Gasteiger partial charge in [0.1, 0.15) is 5.82 Å². The van der Waals surface area contributed by atoms with Crippen LogP contribution in [0.25, 0.3) is 34.3 Å². The normalized spacial score (nSPS) is 12.3. The van der Waals surface area contributed by atoms with Gasteiger partial charge in [0.2, 0.25) is 0 Å². The molecular weight excluding hydrogens is 424 g/mol. The second kappa shape index (κ2) is 9.24. The maximum atomic E-state index is 12.7. The summed E-state index contributed by atoms with van der Waals surface area (Å²) in [6, 6.07) is 18.5. The Bertz CT molecular complexity index is 1250. The number of imidazole rings is 1. The summed E-state index contributed by atoms with van der Waals surface area (Å²) in [6.45, 7) is 3.51. The molecule has 0 spiro atoms. The number of benzene rings is 3. The zero-order chi connectivity index (χ0) is 22.2. The van der Waals surface area contributed by atoms with E-state index in [-0.39, 0.29) is 29.6 Å². The van der Waals surface area contributed by atoms with Crippen molar-refractivity contribution < 1.29 is 18.3 Å². The number of hydrogen-bond donors (Lipinski definition) is 2. The molecule has 0 amide bonds. The molecule has 1 heterocycles. The molecule has 32 heavy (non-hydrogen) atoms. The molecule has 0 saturated carbocycles. The van der Waals surface area contributed by atoms with E-state index in [9.17, 15) is 18.3 Å². The zero-order valence-corrected chi connectivity index (χ0v) is 20.0. The minimum absolute atomic E-state index is 0. The zero-order valence-electron chi connectivity index (χ0n) is 18.0. The molecule has 1 aromatic heterocycles. The van der Waals surface area contributed by atoms with Gasteiger partial charge in [0.25, 0.3) is 0 Å². The minimum atomic E-state index is -4.34. The number of aromatic nitrogens is 2. The van der Waals surface area contributed by atoms with Crippen LogP contribution in [0.1, 0.15) is 36.4 Å². The van der Waals surface area contributed by atoms with E-state index >= 15 is 0 Å². The van der Waals surface area contributed by atoms with E-state index < -0.39 is 17.3 Å². The molecule has 0 bridgehead atoms. The molecule has 0 unspecified atom stereocenters. The fraction of sp³-hybridized carbons (Fsp3) is 0.160. The molecule has 0 aliphatic carbocycles. The van der Waals surface area contributed by atoms with Gasteiger partial charge >= 0.3 is 6.18 Å². The molecule has 0 saturated heterocycles. The summed E-state index contributed by atoms with van der Waals surface area (Å²) < 4.78 is 38.1. The van der Waals surface area contributed by atoms with Crippen LogP contribution in [-0.4, -0.2) is 44.6 Å². The predicted octanol–water partition coefficient (Wildman–Crippen LogP) is 6.27. The van der Waals surface area contributed by atoms with E-state index in [1.165, 1.54) is 12.1 Å². The topological polar surface area (TPSA) is 48.9 Å². The van der Waals surface area contributed by atoms with E-state index in [1.807, 2.05) is 42.5 Å². The van der Waals surface area contributed by atoms with Crippen molar-refractivity contribution >= 4 is 52.7 Å². The summed E-state index contributed by atoms with van der Waals surface area (Å²) in [7, 11) is 0. The van der Waals surface area contributed by atoms with Gasteiger partial charge in [-0.25, -0.2) is 4.98 Å². The van der Waals surface area contributed by atoms with E-state index in [0.717, 1.165) is 39.9 Å². The molecule has 0 aliphatic rings. The van der Waals surface area contributed by atoms with Gasteiger partial charge in [0, 0.05) is 29.6 Å². The van der Waals surface area contributed by atoms with Crippen molar-refractivity contribution in [3.8, 4) is 11.1 Å². The van der Waals surface area contributed by atoms with Gasteiger partial charge in [-0.2, -0.15) is 13.2 Å². The number of fused-ring (bicyclic) bond motifs is 1. The monoisotopic (exact) mass is 445 g/mol. The number of aliphatic hydroxyl groups is 1. The van der Waals surface area contributed by atoms with Crippen LogP contribution in [0.4, 0.5) is 13.2 Å². The fourth-order valence-electron chi connectivity index (χ4n) is 3.50. The summed E-state index contributed by atoms with van der Waals surface area (Å²) in [5.41, 5.74) is 3.32. The first-order valence-corrected chi connectivity index (χ1v) is 9.79. The van der Waals surface area contributed by atoms with E-state index in [4.69, 9.17) is 0 Å². The molecular formula is C25H21F3N2NaO. The maximum absolute atomic E-state index is 12.7. The predicted molar refractivity (Wildman–Crippen MR) is 123 cm³/mol. The molecule has 1 radical (unpaired) electrons. The molecule has 3 nitrogen and oxygen atoms in total. The van der Waals surface area contributed by atoms with E-state index in [2.05, 4.69) is 9.97 Å². The Morgan fingerprint density at radius 1 is 0.906 bits per heavy atom. The van der Waals surface area contributed by atoms with Gasteiger partial charge in [0.15, 0.2) is 0 Å². The molecule has 0 atom stereocenters. The molecule has 3 aromatic carbocycles. The first-order valence-electron chi connectivity index (χ1n) is 9.79. The SMILES string of the molecule is CC(C)(O)c1ccccc1-c1ccc2nc(/C=C/c3ccc(C(F)(F)F)cc3)[nH]c2c1.[Na]. The number of nitrogens with one attached hydrogen (secondary N) is 1. The Kier molecular flexibility index (Phi) is 7.00. The van der Waals surface area contributed by atoms with Gasteiger partial charge in [-0.15, -0.1) is 0 Å². The molecule has 2 N–H and O–H groups in total. The van der Waals surface area contributed by atoms with E-state index in [0.29, 0.717) is 11.4 Å². The van der Waals surface area contributed by atoms with Crippen LogP contribution in [0.2, 0.25) is 0 Å². The smallest absolute Gasteiger partial charge is 0.386 e. The Balaban J connectivity index is 0.00000289. The van der Waals surface area contributed by atoms with Crippen LogP contribution in [0.15, 0.2) is 66.7 Å². The van der Waals surface area contributed by atoms with Crippen LogP contribution >= 0.6 is 0 Å². The molecule has 7 heteroatoms. The number of hydrogen-bond acceptors (Lipinski definition) is 2. The number of aromatic amines is 1. The van der Waals surface area contributed by atoms with Gasteiger partial charge in [-0.3, -0.25) is 0 Å². The van der Waals surface area contributed by atoms with Gasteiger partial charge < -0.3 is 10.1 Å². The Morgan fingerprint density at radius 3 is 2.25 bits per heavy atom. The first kappa shape index (κ1) is 24.3. The standard InChI is InChI=1S/C25H21F3N2O.Na/c1-24(2,31)20-6-4-3-5-19(20)17-10-13-21-22(15-17)30-23(29-21)14-9-16-7-11-18(12-8-16)25(26,27)28;/h3-15,31H,1-2H3,(H,29,30);/b14-9+;.